The number of hydrogen-bond donors (Lipinski definition) is 1. The van der Waals surface area contributed by atoms with Crippen molar-refractivity contribution in [2.24, 2.45) is 0 Å². The highest BCUT2D eigenvalue weighted by atomic mass is 32.2. The molecule has 9 nitrogen and oxygen atoms in total. The zero-order valence-electron chi connectivity index (χ0n) is 22.1. The number of nitrogens with one attached hydrogen (secondary N) is 1. The van der Waals surface area contributed by atoms with Crippen molar-refractivity contribution in [2.45, 2.75) is 24.7 Å². The number of carbonyl (C=O) groups is 1. The van der Waals surface area contributed by atoms with E-state index in [1.54, 1.807) is 31.4 Å². The lowest BCUT2D eigenvalue weighted by Gasteiger charge is -2.25. The minimum Gasteiger partial charge on any atom is -0.496 e. The van der Waals surface area contributed by atoms with Gasteiger partial charge in [0.2, 0.25) is 5.91 Å². The van der Waals surface area contributed by atoms with Gasteiger partial charge in [-0.1, -0.05) is 18.2 Å². The van der Waals surface area contributed by atoms with Crippen LogP contribution >= 0.6 is 0 Å². The monoisotopic (exact) mass is 542 g/mol. The Balaban J connectivity index is 1.79. The molecule has 0 heterocycles. The molecule has 0 atom stereocenters. The van der Waals surface area contributed by atoms with E-state index in [2.05, 4.69) is 5.32 Å². The molecule has 0 bridgehead atoms. The summed E-state index contributed by atoms with van der Waals surface area (Å²) in [5.41, 5.74) is 1.36. The number of amides is 1. The summed E-state index contributed by atoms with van der Waals surface area (Å²) in [6.07, 6.45) is 1.37. The van der Waals surface area contributed by atoms with Crippen LogP contribution in [0.5, 0.6) is 23.0 Å². The standard InChI is InChI=1S/C28H34N2O7S/c1-5-37-23-14-12-22(13-15-23)30(38(32,33)24-16-17-26(35-3)27(19-24)36-4)20-28(31)29-18-8-10-21-9-6-7-11-25(21)34-2/h6-7,9,11-17,19H,5,8,10,18,20H2,1-4H3,(H,29,31). The molecule has 38 heavy (non-hydrogen) atoms. The Bertz CT molecular complexity index is 1310. The van der Waals surface area contributed by atoms with Gasteiger partial charge in [0, 0.05) is 12.6 Å². The van der Waals surface area contributed by atoms with Crippen molar-refractivity contribution in [3.05, 3.63) is 72.3 Å². The van der Waals surface area contributed by atoms with Gasteiger partial charge in [-0.05, 0) is 67.8 Å². The van der Waals surface area contributed by atoms with Crippen molar-refractivity contribution in [1.82, 2.24) is 5.32 Å². The molecule has 0 aromatic heterocycles. The number of benzene rings is 3. The summed E-state index contributed by atoms with van der Waals surface area (Å²) in [5, 5.41) is 2.83. The number of ether oxygens (including phenoxy) is 4. The highest BCUT2D eigenvalue weighted by molar-refractivity contribution is 7.92. The van der Waals surface area contributed by atoms with Crippen LogP contribution in [0.3, 0.4) is 0 Å². The first kappa shape index (κ1) is 28.6. The lowest BCUT2D eigenvalue weighted by molar-refractivity contribution is -0.119. The van der Waals surface area contributed by atoms with E-state index in [9.17, 15) is 13.2 Å². The number of sulfonamides is 1. The van der Waals surface area contributed by atoms with E-state index >= 15 is 0 Å². The van der Waals surface area contributed by atoms with Gasteiger partial charge in [-0.25, -0.2) is 8.42 Å². The van der Waals surface area contributed by atoms with Crippen LogP contribution in [0.4, 0.5) is 5.69 Å². The smallest absolute Gasteiger partial charge is 0.264 e. The number of para-hydroxylation sites is 1. The molecule has 1 amide bonds. The van der Waals surface area contributed by atoms with Gasteiger partial charge in [0.05, 0.1) is 38.5 Å². The van der Waals surface area contributed by atoms with Gasteiger partial charge in [0.15, 0.2) is 11.5 Å². The van der Waals surface area contributed by atoms with Gasteiger partial charge in [-0.15, -0.1) is 0 Å². The van der Waals surface area contributed by atoms with Gasteiger partial charge in [0.25, 0.3) is 10.0 Å². The van der Waals surface area contributed by atoms with Gasteiger partial charge >= 0.3 is 0 Å². The fourth-order valence-corrected chi connectivity index (χ4v) is 5.33. The Morgan fingerprint density at radius 3 is 2.21 bits per heavy atom. The fraction of sp³-hybridized carbons (Fsp3) is 0.321. The number of anilines is 1. The quantitative estimate of drug-likeness (QED) is 0.307. The number of rotatable bonds is 14. The Morgan fingerprint density at radius 1 is 0.868 bits per heavy atom. The van der Waals surface area contributed by atoms with E-state index in [0.717, 1.165) is 15.6 Å². The molecule has 1 N–H and O–H groups in total. The topological polar surface area (TPSA) is 103 Å². The minimum absolute atomic E-state index is 0.0343. The molecule has 0 aliphatic rings. The van der Waals surface area contributed by atoms with Crippen molar-refractivity contribution < 1.29 is 32.2 Å². The molecule has 0 spiro atoms. The second-order valence-electron chi connectivity index (χ2n) is 8.22. The minimum atomic E-state index is -4.13. The first-order valence-electron chi connectivity index (χ1n) is 12.2. The highest BCUT2D eigenvalue weighted by Gasteiger charge is 2.28. The molecule has 3 rings (SSSR count). The van der Waals surface area contributed by atoms with Gasteiger partial charge in [-0.3, -0.25) is 9.10 Å². The maximum atomic E-state index is 13.7. The first-order valence-corrected chi connectivity index (χ1v) is 13.6. The average Bonchev–Trinajstić information content (AvgIpc) is 2.94. The summed E-state index contributed by atoms with van der Waals surface area (Å²) in [6, 6.07) is 18.6. The summed E-state index contributed by atoms with van der Waals surface area (Å²) >= 11 is 0. The SMILES string of the molecule is CCOc1ccc(N(CC(=O)NCCCc2ccccc2OC)S(=O)(=O)c2ccc(OC)c(OC)c2)cc1. The molecular weight excluding hydrogens is 508 g/mol. The molecule has 0 saturated heterocycles. The number of carbonyl (C=O) groups excluding carboxylic acids is 1. The van der Waals surface area contributed by atoms with Gasteiger partial charge < -0.3 is 24.3 Å². The Hall–Kier alpha value is -3.92. The summed E-state index contributed by atoms with van der Waals surface area (Å²) in [7, 11) is 0.381. The van der Waals surface area contributed by atoms with E-state index < -0.39 is 22.5 Å². The van der Waals surface area contributed by atoms with Crippen LogP contribution in [-0.4, -0.2) is 55.4 Å². The maximum Gasteiger partial charge on any atom is 0.264 e. The van der Waals surface area contributed by atoms with Crippen molar-refractivity contribution in [3.63, 3.8) is 0 Å². The number of methoxy groups -OCH3 is 3. The molecule has 0 aliphatic carbocycles. The van der Waals surface area contributed by atoms with Crippen LogP contribution < -0.4 is 28.6 Å². The summed E-state index contributed by atoms with van der Waals surface area (Å²) in [6.45, 7) is 2.31. The molecule has 0 unspecified atom stereocenters. The predicted octanol–water partition coefficient (Wildman–Crippen LogP) is 4.06. The van der Waals surface area contributed by atoms with Crippen LogP contribution in [0, 0.1) is 0 Å². The molecule has 204 valence electrons. The number of nitrogens with zero attached hydrogens (tertiary/aromatic N) is 1. The van der Waals surface area contributed by atoms with Crippen LogP contribution in [0.25, 0.3) is 0 Å². The third-order valence-electron chi connectivity index (χ3n) is 5.80. The van der Waals surface area contributed by atoms with Gasteiger partial charge in [-0.2, -0.15) is 0 Å². The second kappa shape index (κ2) is 13.6. The average molecular weight is 543 g/mol. The van der Waals surface area contributed by atoms with Crippen LogP contribution in [0.15, 0.2) is 71.6 Å². The Morgan fingerprint density at radius 2 is 1.55 bits per heavy atom. The molecule has 0 saturated carbocycles. The van der Waals surface area contributed by atoms with E-state index in [0.29, 0.717) is 43.2 Å². The van der Waals surface area contributed by atoms with E-state index in [1.165, 1.54) is 32.4 Å². The van der Waals surface area contributed by atoms with Crippen molar-refractivity contribution in [2.75, 3.05) is 45.3 Å². The Kier molecular flexibility index (Phi) is 10.2. The molecule has 0 aliphatic heterocycles. The van der Waals surface area contributed by atoms with Crippen LogP contribution in [0.2, 0.25) is 0 Å². The van der Waals surface area contributed by atoms with Crippen LogP contribution in [-0.2, 0) is 21.2 Å². The molecule has 3 aromatic rings. The van der Waals surface area contributed by atoms with E-state index in [1.807, 2.05) is 31.2 Å². The summed E-state index contributed by atoms with van der Waals surface area (Å²) in [5.74, 6) is 1.62. The predicted molar refractivity (Wildman–Crippen MR) is 146 cm³/mol. The van der Waals surface area contributed by atoms with E-state index in [-0.39, 0.29) is 10.6 Å². The fourth-order valence-electron chi connectivity index (χ4n) is 3.90. The maximum absolute atomic E-state index is 13.7. The van der Waals surface area contributed by atoms with Crippen molar-refractivity contribution in [1.29, 1.82) is 0 Å². The summed E-state index contributed by atoms with van der Waals surface area (Å²) < 4.78 is 49.9. The summed E-state index contributed by atoms with van der Waals surface area (Å²) in [4.78, 5) is 12.9. The zero-order valence-corrected chi connectivity index (χ0v) is 22.9. The zero-order chi connectivity index (χ0) is 27.5. The van der Waals surface area contributed by atoms with Crippen molar-refractivity contribution >= 4 is 21.6 Å². The van der Waals surface area contributed by atoms with Gasteiger partial charge in [0.1, 0.15) is 18.0 Å². The van der Waals surface area contributed by atoms with Crippen molar-refractivity contribution in [3.8, 4) is 23.0 Å². The Labute approximate surface area is 224 Å². The lowest BCUT2D eigenvalue weighted by atomic mass is 10.1. The normalized spacial score (nSPS) is 10.9. The molecular formula is C28H34N2O7S. The second-order valence-corrected chi connectivity index (χ2v) is 10.1. The highest BCUT2D eigenvalue weighted by Crippen LogP contribution is 2.32. The molecule has 3 aromatic carbocycles. The lowest BCUT2D eigenvalue weighted by Crippen LogP contribution is -2.41. The van der Waals surface area contributed by atoms with Crippen LogP contribution in [0.1, 0.15) is 18.9 Å². The largest absolute Gasteiger partial charge is 0.496 e. The molecule has 0 fully saturated rings. The third kappa shape index (κ3) is 7.10. The molecule has 0 radical (unpaired) electrons. The third-order valence-corrected chi connectivity index (χ3v) is 7.57. The first-order chi connectivity index (χ1) is 18.3. The molecule has 10 heteroatoms. The number of hydrogen-bond acceptors (Lipinski definition) is 7. The number of aryl methyl sites for hydroxylation is 1. The van der Waals surface area contributed by atoms with E-state index in [4.69, 9.17) is 18.9 Å².